The summed E-state index contributed by atoms with van der Waals surface area (Å²) >= 11 is 1.89. The molecule has 1 saturated carbocycles. The zero-order valence-corrected chi connectivity index (χ0v) is 12.7. The van der Waals surface area contributed by atoms with Gasteiger partial charge in [0.15, 0.2) is 0 Å². The van der Waals surface area contributed by atoms with Gasteiger partial charge in [-0.1, -0.05) is 6.92 Å². The Kier molecular flexibility index (Phi) is 3.86. The van der Waals surface area contributed by atoms with E-state index in [1.54, 1.807) is 0 Å². The van der Waals surface area contributed by atoms with Crippen LogP contribution in [-0.2, 0) is 0 Å². The summed E-state index contributed by atoms with van der Waals surface area (Å²) in [4.78, 5) is 19.8. The third-order valence-electron chi connectivity index (χ3n) is 4.17. The maximum Gasteiger partial charge on any atom is 0.268 e. The van der Waals surface area contributed by atoms with Crippen LogP contribution in [0.1, 0.15) is 43.0 Å². The third-order valence-corrected chi connectivity index (χ3v) is 5.22. The van der Waals surface area contributed by atoms with Crippen LogP contribution < -0.4 is 16.6 Å². The standard InChI is InChI=1S/C14H19N5OS/c1-9-5-11(8-21-9)14(3-2-4-14)18-13-16-6-10(7-17-13)12(20)19-15/h6-9H,2-5,15H2,1H3,(H,19,20)(H,16,17,18). The molecular formula is C14H19N5OS. The Morgan fingerprint density at radius 1 is 1.43 bits per heavy atom. The lowest BCUT2D eigenvalue weighted by Crippen LogP contribution is -2.47. The molecule has 112 valence electrons. The normalized spacial score (nSPS) is 23.1. The number of nitrogen functional groups attached to an aromatic ring is 1. The van der Waals surface area contributed by atoms with Gasteiger partial charge >= 0.3 is 0 Å². The molecule has 1 fully saturated rings. The van der Waals surface area contributed by atoms with Gasteiger partial charge in [0, 0.05) is 17.6 Å². The number of carbonyl (C=O) groups is 1. The van der Waals surface area contributed by atoms with Gasteiger partial charge in [0.05, 0.1) is 11.1 Å². The van der Waals surface area contributed by atoms with Crippen molar-refractivity contribution in [2.24, 2.45) is 5.84 Å². The highest BCUT2D eigenvalue weighted by Gasteiger charge is 2.42. The molecule has 6 nitrogen and oxygen atoms in total. The molecule has 1 atom stereocenters. The molecule has 21 heavy (non-hydrogen) atoms. The summed E-state index contributed by atoms with van der Waals surface area (Å²) in [6.07, 6.45) is 7.54. The number of nitrogens with zero attached hydrogens (tertiary/aromatic N) is 2. The number of hydrazine groups is 1. The van der Waals surface area contributed by atoms with Crippen molar-refractivity contribution in [1.82, 2.24) is 15.4 Å². The zero-order valence-electron chi connectivity index (χ0n) is 11.9. The van der Waals surface area contributed by atoms with E-state index in [-0.39, 0.29) is 11.4 Å². The van der Waals surface area contributed by atoms with Crippen LogP contribution in [0.4, 0.5) is 5.95 Å². The van der Waals surface area contributed by atoms with Crippen molar-refractivity contribution < 1.29 is 4.79 Å². The predicted molar refractivity (Wildman–Crippen MR) is 83.6 cm³/mol. The topological polar surface area (TPSA) is 92.9 Å². The maximum atomic E-state index is 11.4. The van der Waals surface area contributed by atoms with E-state index < -0.39 is 0 Å². The van der Waals surface area contributed by atoms with E-state index in [1.165, 1.54) is 24.4 Å². The molecule has 1 aromatic heterocycles. The third kappa shape index (κ3) is 2.75. The molecule has 7 heteroatoms. The molecule has 1 aliphatic carbocycles. The fraction of sp³-hybridized carbons (Fsp3) is 0.500. The first kappa shape index (κ1) is 14.3. The van der Waals surface area contributed by atoms with Crippen LogP contribution in [0, 0.1) is 0 Å². The molecule has 1 aliphatic heterocycles. The van der Waals surface area contributed by atoms with Crippen molar-refractivity contribution in [2.75, 3.05) is 5.32 Å². The summed E-state index contributed by atoms with van der Waals surface area (Å²) in [5, 5.41) is 6.41. The number of rotatable bonds is 4. The van der Waals surface area contributed by atoms with Crippen molar-refractivity contribution in [2.45, 2.75) is 43.4 Å². The fourth-order valence-electron chi connectivity index (χ4n) is 2.78. The van der Waals surface area contributed by atoms with Gasteiger partial charge in [0.1, 0.15) is 0 Å². The molecule has 3 rings (SSSR count). The lowest BCUT2D eigenvalue weighted by Gasteiger charge is -2.44. The van der Waals surface area contributed by atoms with Crippen LogP contribution in [0.25, 0.3) is 0 Å². The summed E-state index contributed by atoms with van der Waals surface area (Å²) < 4.78 is 0. The number of anilines is 1. The number of hydrogen-bond donors (Lipinski definition) is 3. The smallest absolute Gasteiger partial charge is 0.268 e. The van der Waals surface area contributed by atoms with E-state index in [0.29, 0.717) is 16.8 Å². The Labute approximate surface area is 128 Å². The molecule has 0 radical (unpaired) electrons. The van der Waals surface area contributed by atoms with Crippen molar-refractivity contribution in [3.05, 3.63) is 28.9 Å². The SMILES string of the molecule is CC1CC(C2(Nc3ncc(C(=O)NN)cn3)CCC2)=CS1. The molecule has 0 spiro atoms. The van der Waals surface area contributed by atoms with E-state index in [9.17, 15) is 4.79 Å². The van der Waals surface area contributed by atoms with Gasteiger partial charge in [-0.2, -0.15) is 0 Å². The monoisotopic (exact) mass is 305 g/mol. The van der Waals surface area contributed by atoms with Gasteiger partial charge in [-0.05, 0) is 36.7 Å². The first-order chi connectivity index (χ1) is 10.1. The quantitative estimate of drug-likeness (QED) is 0.446. The number of nitrogens with one attached hydrogen (secondary N) is 2. The average molecular weight is 305 g/mol. The highest BCUT2D eigenvalue weighted by atomic mass is 32.2. The van der Waals surface area contributed by atoms with E-state index in [1.807, 2.05) is 11.8 Å². The highest BCUT2D eigenvalue weighted by Crippen LogP contribution is 2.47. The Hall–Kier alpha value is -1.60. The maximum absolute atomic E-state index is 11.4. The molecule has 0 bridgehead atoms. The molecule has 2 aliphatic rings. The van der Waals surface area contributed by atoms with Gasteiger partial charge in [-0.15, -0.1) is 11.8 Å². The van der Waals surface area contributed by atoms with E-state index >= 15 is 0 Å². The Morgan fingerprint density at radius 2 is 2.14 bits per heavy atom. The number of thioether (sulfide) groups is 1. The lowest BCUT2D eigenvalue weighted by atomic mass is 9.71. The molecular weight excluding hydrogens is 286 g/mol. The predicted octanol–water partition coefficient (Wildman–Crippen LogP) is 1.82. The Morgan fingerprint density at radius 3 is 2.62 bits per heavy atom. The van der Waals surface area contributed by atoms with Crippen molar-refractivity contribution in [1.29, 1.82) is 0 Å². The molecule has 1 amide bonds. The summed E-state index contributed by atoms with van der Waals surface area (Å²) in [7, 11) is 0. The molecule has 0 saturated heterocycles. The van der Waals surface area contributed by atoms with Crippen LogP contribution in [0.15, 0.2) is 23.4 Å². The first-order valence-electron chi connectivity index (χ1n) is 7.09. The first-order valence-corrected chi connectivity index (χ1v) is 8.03. The van der Waals surface area contributed by atoms with Gasteiger partial charge in [0.25, 0.3) is 5.91 Å². The summed E-state index contributed by atoms with van der Waals surface area (Å²) in [5.74, 6) is 5.27. The summed E-state index contributed by atoms with van der Waals surface area (Å²) in [5.41, 5.74) is 3.89. The Balaban J connectivity index is 1.74. The largest absolute Gasteiger partial charge is 0.345 e. The minimum Gasteiger partial charge on any atom is -0.345 e. The second kappa shape index (κ2) is 5.65. The lowest BCUT2D eigenvalue weighted by molar-refractivity contribution is 0.0953. The zero-order chi connectivity index (χ0) is 14.9. The van der Waals surface area contributed by atoms with E-state index in [2.05, 4.69) is 33.0 Å². The minimum absolute atomic E-state index is 0.00933. The van der Waals surface area contributed by atoms with Crippen LogP contribution in [0.2, 0.25) is 0 Å². The molecule has 1 aromatic rings. The van der Waals surface area contributed by atoms with E-state index in [0.717, 1.165) is 19.3 Å². The number of aromatic nitrogens is 2. The molecule has 2 heterocycles. The van der Waals surface area contributed by atoms with Crippen molar-refractivity contribution >= 4 is 23.6 Å². The average Bonchev–Trinajstić information content (AvgIpc) is 2.89. The molecule has 0 aromatic carbocycles. The highest BCUT2D eigenvalue weighted by molar-refractivity contribution is 8.03. The van der Waals surface area contributed by atoms with Crippen LogP contribution in [0.5, 0.6) is 0 Å². The number of amides is 1. The van der Waals surface area contributed by atoms with E-state index in [4.69, 9.17) is 5.84 Å². The van der Waals surface area contributed by atoms with Gasteiger partial charge < -0.3 is 5.32 Å². The Bertz CT molecular complexity index is 567. The second-order valence-corrected chi connectivity index (χ2v) is 6.94. The summed E-state index contributed by atoms with van der Waals surface area (Å²) in [6.45, 7) is 2.25. The number of hydrogen-bond acceptors (Lipinski definition) is 6. The summed E-state index contributed by atoms with van der Waals surface area (Å²) in [6, 6.07) is 0. The second-order valence-electron chi connectivity index (χ2n) is 5.62. The molecule has 1 unspecified atom stereocenters. The minimum atomic E-state index is -0.386. The van der Waals surface area contributed by atoms with Gasteiger partial charge in [-0.3, -0.25) is 10.2 Å². The van der Waals surface area contributed by atoms with Crippen LogP contribution >= 0.6 is 11.8 Å². The number of nitrogens with two attached hydrogens (primary N) is 1. The van der Waals surface area contributed by atoms with Crippen molar-refractivity contribution in [3.8, 4) is 0 Å². The number of carbonyl (C=O) groups excluding carboxylic acids is 1. The fourth-order valence-corrected chi connectivity index (χ4v) is 3.77. The van der Waals surface area contributed by atoms with Crippen LogP contribution in [-0.4, -0.2) is 26.7 Å². The van der Waals surface area contributed by atoms with Crippen molar-refractivity contribution in [3.63, 3.8) is 0 Å². The van der Waals surface area contributed by atoms with Crippen LogP contribution in [0.3, 0.4) is 0 Å². The van der Waals surface area contributed by atoms with Gasteiger partial charge in [-0.25, -0.2) is 15.8 Å². The molecule has 4 N–H and O–H groups in total. The van der Waals surface area contributed by atoms with Gasteiger partial charge in [0.2, 0.25) is 5.95 Å².